The summed E-state index contributed by atoms with van der Waals surface area (Å²) in [6.45, 7) is 2.03. The van der Waals surface area contributed by atoms with Crippen LogP contribution in [0.15, 0.2) is 59.1 Å². The SMILES string of the molecule is Cc1cccc(-c2cnc(N(C)c3ccc(F)cc3)o2)c1. The van der Waals surface area contributed by atoms with Crippen molar-refractivity contribution in [2.45, 2.75) is 6.92 Å². The minimum atomic E-state index is -0.264. The summed E-state index contributed by atoms with van der Waals surface area (Å²) >= 11 is 0. The smallest absolute Gasteiger partial charge is 0.302 e. The van der Waals surface area contributed by atoms with E-state index < -0.39 is 0 Å². The van der Waals surface area contributed by atoms with Crippen molar-refractivity contribution in [3.05, 3.63) is 66.1 Å². The number of rotatable bonds is 3. The van der Waals surface area contributed by atoms with E-state index in [-0.39, 0.29) is 5.82 Å². The minimum absolute atomic E-state index is 0.264. The fourth-order valence-corrected chi connectivity index (χ4v) is 2.13. The third kappa shape index (κ3) is 2.79. The molecule has 3 aromatic rings. The largest absolute Gasteiger partial charge is 0.423 e. The van der Waals surface area contributed by atoms with Gasteiger partial charge in [-0.3, -0.25) is 4.90 Å². The predicted octanol–water partition coefficient (Wildman–Crippen LogP) is 4.56. The summed E-state index contributed by atoms with van der Waals surface area (Å²) in [5.41, 5.74) is 2.97. The van der Waals surface area contributed by atoms with Gasteiger partial charge in [0.1, 0.15) is 5.82 Å². The summed E-state index contributed by atoms with van der Waals surface area (Å²) in [7, 11) is 1.83. The van der Waals surface area contributed by atoms with Crippen LogP contribution >= 0.6 is 0 Å². The molecule has 0 aliphatic rings. The monoisotopic (exact) mass is 282 g/mol. The first-order valence-electron chi connectivity index (χ1n) is 6.65. The number of anilines is 2. The number of oxazole rings is 1. The number of nitrogens with zero attached hydrogens (tertiary/aromatic N) is 2. The zero-order valence-electron chi connectivity index (χ0n) is 11.9. The average molecular weight is 282 g/mol. The Morgan fingerprint density at radius 1 is 1.10 bits per heavy atom. The molecule has 0 bridgehead atoms. The van der Waals surface area contributed by atoms with Gasteiger partial charge in [0.05, 0.1) is 6.20 Å². The summed E-state index contributed by atoms with van der Waals surface area (Å²) in [6.07, 6.45) is 1.70. The molecule has 0 aliphatic carbocycles. The van der Waals surface area contributed by atoms with Crippen LogP contribution in [-0.4, -0.2) is 12.0 Å². The van der Waals surface area contributed by atoms with Gasteiger partial charge in [-0.1, -0.05) is 23.8 Å². The number of hydrogen-bond acceptors (Lipinski definition) is 3. The van der Waals surface area contributed by atoms with E-state index in [0.717, 1.165) is 16.8 Å². The molecule has 21 heavy (non-hydrogen) atoms. The van der Waals surface area contributed by atoms with Gasteiger partial charge in [0, 0.05) is 18.3 Å². The highest BCUT2D eigenvalue weighted by molar-refractivity contribution is 5.61. The molecule has 0 saturated heterocycles. The van der Waals surface area contributed by atoms with Crippen LogP contribution in [-0.2, 0) is 0 Å². The van der Waals surface area contributed by atoms with E-state index >= 15 is 0 Å². The molecule has 1 aromatic heterocycles. The van der Waals surface area contributed by atoms with Crippen molar-refractivity contribution in [2.24, 2.45) is 0 Å². The van der Waals surface area contributed by atoms with Gasteiger partial charge in [0.2, 0.25) is 0 Å². The van der Waals surface area contributed by atoms with Crippen molar-refractivity contribution in [1.82, 2.24) is 4.98 Å². The Balaban J connectivity index is 1.89. The molecule has 1 heterocycles. The first-order chi connectivity index (χ1) is 10.1. The lowest BCUT2D eigenvalue weighted by atomic mass is 10.1. The highest BCUT2D eigenvalue weighted by atomic mass is 19.1. The number of halogens is 1. The van der Waals surface area contributed by atoms with Gasteiger partial charge in [0.15, 0.2) is 5.76 Å². The summed E-state index contributed by atoms with van der Waals surface area (Å²) in [5.74, 6) is 0.447. The zero-order valence-corrected chi connectivity index (χ0v) is 11.9. The fourth-order valence-electron chi connectivity index (χ4n) is 2.13. The summed E-state index contributed by atoms with van der Waals surface area (Å²) in [5, 5.41) is 0. The third-order valence-corrected chi connectivity index (χ3v) is 3.30. The van der Waals surface area contributed by atoms with Gasteiger partial charge in [-0.15, -0.1) is 0 Å². The van der Waals surface area contributed by atoms with Crippen molar-refractivity contribution in [3.8, 4) is 11.3 Å². The zero-order chi connectivity index (χ0) is 14.8. The minimum Gasteiger partial charge on any atom is -0.423 e. The van der Waals surface area contributed by atoms with Gasteiger partial charge in [-0.25, -0.2) is 9.37 Å². The quantitative estimate of drug-likeness (QED) is 0.705. The molecule has 3 rings (SSSR count). The molecule has 106 valence electrons. The Labute approximate surface area is 122 Å². The lowest BCUT2D eigenvalue weighted by molar-refractivity contribution is 0.574. The fraction of sp³-hybridized carbons (Fsp3) is 0.118. The summed E-state index contributed by atoms with van der Waals surface area (Å²) in [4.78, 5) is 6.06. The molecule has 0 atom stereocenters. The van der Waals surface area contributed by atoms with E-state index in [1.165, 1.54) is 12.1 Å². The highest BCUT2D eigenvalue weighted by Crippen LogP contribution is 2.28. The van der Waals surface area contributed by atoms with Crippen molar-refractivity contribution in [1.29, 1.82) is 0 Å². The lowest BCUT2D eigenvalue weighted by Crippen LogP contribution is -2.09. The Hall–Kier alpha value is -2.62. The van der Waals surface area contributed by atoms with Crippen LogP contribution in [0.25, 0.3) is 11.3 Å². The van der Waals surface area contributed by atoms with Gasteiger partial charge >= 0.3 is 6.01 Å². The van der Waals surface area contributed by atoms with E-state index in [0.29, 0.717) is 11.8 Å². The van der Waals surface area contributed by atoms with E-state index in [2.05, 4.69) is 4.98 Å². The molecule has 0 aliphatic heterocycles. The number of aromatic nitrogens is 1. The maximum absolute atomic E-state index is 13.0. The van der Waals surface area contributed by atoms with Crippen molar-refractivity contribution >= 4 is 11.7 Å². The highest BCUT2D eigenvalue weighted by Gasteiger charge is 2.12. The topological polar surface area (TPSA) is 29.3 Å². The normalized spacial score (nSPS) is 10.6. The molecule has 0 radical (unpaired) electrons. The third-order valence-electron chi connectivity index (χ3n) is 3.30. The van der Waals surface area contributed by atoms with Crippen LogP contribution in [0.4, 0.5) is 16.1 Å². The van der Waals surface area contributed by atoms with Gasteiger partial charge < -0.3 is 4.42 Å². The average Bonchev–Trinajstić information content (AvgIpc) is 2.97. The van der Waals surface area contributed by atoms with E-state index in [1.54, 1.807) is 23.2 Å². The van der Waals surface area contributed by atoms with Crippen LogP contribution < -0.4 is 4.90 Å². The molecule has 4 heteroatoms. The van der Waals surface area contributed by atoms with E-state index in [4.69, 9.17) is 4.42 Å². The predicted molar refractivity (Wildman–Crippen MR) is 81.1 cm³/mol. The number of benzene rings is 2. The Bertz CT molecular complexity index is 749. The number of hydrogen-bond donors (Lipinski definition) is 0. The van der Waals surface area contributed by atoms with Crippen molar-refractivity contribution < 1.29 is 8.81 Å². The van der Waals surface area contributed by atoms with Gasteiger partial charge in [-0.2, -0.15) is 0 Å². The Morgan fingerprint density at radius 3 is 2.57 bits per heavy atom. The van der Waals surface area contributed by atoms with E-state index in [9.17, 15) is 4.39 Å². The van der Waals surface area contributed by atoms with Gasteiger partial charge in [0.25, 0.3) is 0 Å². The molecular formula is C17H15FN2O. The molecule has 0 fully saturated rings. The molecule has 0 saturated carbocycles. The van der Waals surface area contributed by atoms with Crippen LogP contribution in [0.3, 0.4) is 0 Å². The van der Waals surface area contributed by atoms with Crippen LogP contribution in [0.2, 0.25) is 0 Å². The maximum Gasteiger partial charge on any atom is 0.302 e. The standard InChI is InChI=1S/C17H15FN2O/c1-12-4-3-5-13(10-12)16-11-19-17(21-16)20(2)15-8-6-14(18)7-9-15/h3-11H,1-2H3. The molecule has 3 nitrogen and oxygen atoms in total. The van der Waals surface area contributed by atoms with Crippen LogP contribution in [0, 0.1) is 12.7 Å². The second-order valence-corrected chi connectivity index (χ2v) is 4.91. The molecule has 2 aromatic carbocycles. The summed E-state index contributed by atoms with van der Waals surface area (Å²) < 4.78 is 18.8. The Morgan fingerprint density at radius 2 is 1.86 bits per heavy atom. The molecule has 0 N–H and O–H groups in total. The molecule has 0 spiro atoms. The van der Waals surface area contributed by atoms with Crippen molar-refractivity contribution in [2.75, 3.05) is 11.9 Å². The summed E-state index contributed by atoms with van der Waals surface area (Å²) in [6, 6.07) is 14.7. The maximum atomic E-state index is 13.0. The lowest BCUT2D eigenvalue weighted by Gasteiger charge is -2.14. The number of aryl methyl sites for hydroxylation is 1. The first-order valence-corrected chi connectivity index (χ1v) is 6.65. The molecular weight excluding hydrogens is 267 g/mol. The van der Waals surface area contributed by atoms with Crippen molar-refractivity contribution in [3.63, 3.8) is 0 Å². The van der Waals surface area contributed by atoms with Crippen LogP contribution in [0.5, 0.6) is 0 Å². The molecule has 0 unspecified atom stereocenters. The van der Waals surface area contributed by atoms with E-state index in [1.807, 2.05) is 38.2 Å². The van der Waals surface area contributed by atoms with Gasteiger partial charge in [-0.05, 0) is 37.3 Å². The Kier molecular flexibility index (Phi) is 3.44. The second kappa shape index (κ2) is 5.40. The van der Waals surface area contributed by atoms with Crippen LogP contribution in [0.1, 0.15) is 5.56 Å². The second-order valence-electron chi connectivity index (χ2n) is 4.91. The first kappa shape index (κ1) is 13.4. The molecule has 0 amide bonds.